The lowest BCUT2D eigenvalue weighted by Crippen LogP contribution is -2.39. The highest BCUT2D eigenvalue weighted by Crippen LogP contribution is 2.52. The second-order valence-corrected chi connectivity index (χ2v) is 9.91. The monoisotopic (exact) mass is 453 g/mol. The van der Waals surface area contributed by atoms with Crippen LogP contribution in [0.25, 0.3) is 22.4 Å². The smallest absolute Gasteiger partial charge is 0.370 e. The molecule has 2 aliphatic rings. The Balaban J connectivity index is 1.37. The van der Waals surface area contributed by atoms with Crippen molar-refractivity contribution in [3.63, 3.8) is 0 Å². The molecule has 1 aliphatic heterocycles. The van der Waals surface area contributed by atoms with Gasteiger partial charge in [0.15, 0.2) is 0 Å². The lowest BCUT2D eigenvalue weighted by molar-refractivity contribution is -0.657. The molecule has 1 N–H and O–H groups in total. The Labute approximate surface area is 197 Å². The average molecular weight is 454 g/mol. The van der Waals surface area contributed by atoms with E-state index in [1.54, 1.807) is 11.3 Å². The average Bonchev–Trinajstić information content (AvgIpc) is 3.51. The van der Waals surface area contributed by atoms with Crippen molar-refractivity contribution in [2.75, 3.05) is 4.90 Å². The number of nitrogens with zero attached hydrogens (tertiary/aromatic N) is 2. The number of carboxylic acid groups (broad SMARTS) is 1. The summed E-state index contributed by atoms with van der Waals surface area (Å²) in [6.07, 6.45) is 7.93. The molecular weight excluding hydrogens is 428 g/mol. The maximum atomic E-state index is 11.5. The summed E-state index contributed by atoms with van der Waals surface area (Å²) in [6, 6.07) is 26.0. The van der Waals surface area contributed by atoms with Gasteiger partial charge in [-0.25, -0.2) is 4.79 Å². The van der Waals surface area contributed by atoms with Gasteiger partial charge in [-0.3, -0.25) is 0 Å². The van der Waals surface area contributed by atoms with E-state index in [2.05, 4.69) is 65.6 Å². The topological polar surface area (TPSA) is 44.4 Å². The Bertz CT molecular complexity index is 1380. The fraction of sp³-hybridized carbons (Fsp3) is 0.214. The van der Waals surface area contributed by atoms with Gasteiger partial charge in [-0.15, -0.1) is 0 Å². The van der Waals surface area contributed by atoms with Crippen LogP contribution >= 0.6 is 11.3 Å². The molecule has 0 amide bonds. The highest BCUT2D eigenvalue weighted by atomic mass is 32.1. The molecule has 4 aromatic rings. The molecule has 3 aromatic carbocycles. The molecule has 0 bridgehead atoms. The first-order valence-electron chi connectivity index (χ1n) is 11.5. The van der Waals surface area contributed by atoms with Crippen LogP contribution in [0.5, 0.6) is 0 Å². The van der Waals surface area contributed by atoms with Crippen molar-refractivity contribution in [1.29, 1.82) is 0 Å². The molecule has 1 aliphatic carbocycles. The van der Waals surface area contributed by atoms with Crippen LogP contribution in [0.15, 0.2) is 72.8 Å². The molecule has 2 heterocycles. The summed E-state index contributed by atoms with van der Waals surface area (Å²) < 4.78 is 2.98. The van der Waals surface area contributed by atoms with E-state index in [1.165, 1.54) is 36.2 Å². The number of carbonyl (C=O) groups is 1. The number of fused-ring (bicyclic) bond motifs is 4. The third-order valence-electron chi connectivity index (χ3n) is 6.90. The summed E-state index contributed by atoms with van der Waals surface area (Å²) in [5.41, 5.74) is 6.17. The minimum atomic E-state index is -0.830. The predicted octanol–water partition coefficient (Wildman–Crippen LogP) is 6.23. The van der Waals surface area contributed by atoms with Crippen molar-refractivity contribution in [1.82, 2.24) is 0 Å². The number of benzene rings is 3. The molecule has 5 heteroatoms. The number of rotatable bonds is 5. The van der Waals surface area contributed by atoms with Crippen LogP contribution < -0.4 is 9.47 Å². The normalized spacial score (nSPS) is 19.3. The fourth-order valence-electron chi connectivity index (χ4n) is 5.55. The zero-order chi connectivity index (χ0) is 22.4. The van der Waals surface area contributed by atoms with Gasteiger partial charge in [-0.05, 0) is 60.4 Å². The number of carboxylic acids is 1. The first-order valence-corrected chi connectivity index (χ1v) is 12.3. The van der Waals surface area contributed by atoms with Crippen LogP contribution in [0, 0.1) is 0 Å². The Morgan fingerprint density at radius 3 is 2.70 bits per heavy atom. The molecule has 6 rings (SSSR count). The highest BCUT2D eigenvalue weighted by Gasteiger charge is 2.41. The molecule has 1 aromatic heterocycles. The van der Waals surface area contributed by atoms with Crippen molar-refractivity contribution in [3.05, 3.63) is 88.9 Å². The van der Waals surface area contributed by atoms with Gasteiger partial charge >= 0.3 is 5.97 Å². The van der Waals surface area contributed by atoms with Crippen molar-refractivity contribution in [2.24, 2.45) is 0 Å². The Hall–Kier alpha value is -3.44. The first-order chi connectivity index (χ1) is 16.2. The van der Waals surface area contributed by atoms with E-state index in [9.17, 15) is 9.90 Å². The number of aromatic nitrogens is 1. The van der Waals surface area contributed by atoms with Crippen LogP contribution in [0.3, 0.4) is 0 Å². The summed E-state index contributed by atoms with van der Waals surface area (Å²) in [4.78, 5) is 14.0. The molecule has 0 spiro atoms. The Kier molecular flexibility index (Phi) is 4.99. The molecule has 164 valence electrons. The highest BCUT2D eigenvalue weighted by molar-refractivity contribution is 7.18. The van der Waals surface area contributed by atoms with E-state index in [1.807, 2.05) is 28.8 Å². The van der Waals surface area contributed by atoms with Gasteiger partial charge in [0, 0.05) is 35.5 Å². The van der Waals surface area contributed by atoms with E-state index in [4.69, 9.17) is 0 Å². The zero-order valence-corrected chi connectivity index (χ0v) is 19.0. The van der Waals surface area contributed by atoms with Crippen LogP contribution in [-0.4, -0.2) is 17.1 Å². The lowest BCUT2D eigenvalue weighted by atomic mass is 9.96. The maximum Gasteiger partial charge on any atom is 0.370 e. The zero-order valence-electron chi connectivity index (χ0n) is 18.2. The Morgan fingerprint density at radius 2 is 1.85 bits per heavy atom. The van der Waals surface area contributed by atoms with Crippen molar-refractivity contribution < 1.29 is 14.5 Å². The molecule has 2 atom stereocenters. The second-order valence-electron chi connectivity index (χ2n) is 8.85. The maximum absolute atomic E-state index is 11.5. The van der Waals surface area contributed by atoms with Crippen LogP contribution in [0.2, 0.25) is 0 Å². The third kappa shape index (κ3) is 3.53. The van der Waals surface area contributed by atoms with E-state index in [0.717, 1.165) is 20.8 Å². The Morgan fingerprint density at radius 1 is 1.03 bits per heavy atom. The number of hydrogen-bond donors (Lipinski definition) is 1. The molecule has 1 fully saturated rings. The standard InChI is InChI=1S/C28H24N2O2S/c31-28(32)18-29-25-10-4-5-12-26(25)33-27(29)16-14-19-13-15-24-22(17-19)21-9-6-11-23(21)30(24)20-7-2-1-3-8-20/h1-5,7-8,10,12-17,21,23H,6,9,11,18H2/p+1. The van der Waals surface area contributed by atoms with Gasteiger partial charge in [-0.1, -0.05) is 54.2 Å². The summed E-state index contributed by atoms with van der Waals surface area (Å²) in [6.45, 7) is -0.0380. The molecule has 4 nitrogen and oxygen atoms in total. The van der Waals surface area contributed by atoms with Crippen LogP contribution in [0.1, 0.15) is 41.3 Å². The van der Waals surface area contributed by atoms with Crippen LogP contribution in [-0.2, 0) is 11.3 Å². The summed E-state index contributed by atoms with van der Waals surface area (Å²) >= 11 is 1.63. The predicted molar refractivity (Wildman–Crippen MR) is 134 cm³/mol. The first kappa shape index (κ1) is 20.2. The summed E-state index contributed by atoms with van der Waals surface area (Å²) in [7, 11) is 0. The van der Waals surface area contributed by atoms with E-state index in [-0.39, 0.29) is 6.54 Å². The molecule has 0 radical (unpaired) electrons. The van der Waals surface area contributed by atoms with Crippen molar-refractivity contribution in [3.8, 4) is 0 Å². The number of anilines is 2. The molecule has 2 unspecified atom stereocenters. The van der Waals surface area contributed by atoms with E-state index in [0.29, 0.717) is 12.0 Å². The number of thiazole rings is 1. The second kappa shape index (κ2) is 8.16. The SMILES string of the molecule is O=C(O)C[n+]1c(C=Cc2ccc3c(c2)C2CCCC2N3c2ccccc2)sc2ccccc21. The van der Waals surface area contributed by atoms with Gasteiger partial charge in [0.1, 0.15) is 4.70 Å². The van der Waals surface area contributed by atoms with Crippen LogP contribution in [0.4, 0.5) is 11.4 Å². The van der Waals surface area contributed by atoms with E-state index >= 15 is 0 Å². The summed E-state index contributed by atoms with van der Waals surface area (Å²) in [5.74, 6) is -0.251. The van der Waals surface area contributed by atoms with Gasteiger partial charge in [0.25, 0.3) is 5.01 Å². The molecule has 1 saturated carbocycles. The third-order valence-corrected chi connectivity index (χ3v) is 8.04. The van der Waals surface area contributed by atoms with Gasteiger partial charge < -0.3 is 10.0 Å². The van der Waals surface area contributed by atoms with Crippen molar-refractivity contribution in [2.45, 2.75) is 37.8 Å². The van der Waals surface area contributed by atoms with Gasteiger partial charge in [0.05, 0.1) is 0 Å². The number of hydrogen-bond acceptors (Lipinski definition) is 3. The number of para-hydroxylation sites is 2. The van der Waals surface area contributed by atoms with Gasteiger partial charge in [0.2, 0.25) is 12.1 Å². The quantitative estimate of drug-likeness (QED) is 0.364. The molecule has 0 saturated heterocycles. The van der Waals surface area contributed by atoms with E-state index < -0.39 is 5.97 Å². The summed E-state index contributed by atoms with van der Waals surface area (Å²) in [5, 5.41) is 10.4. The minimum absolute atomic E-state index is 0.0380. The number of aliphatic carboxylic acids is 1. The largest absolute Gasteiger partial charge is 0.477 e. The lowest BCUT2D eigenvalue weighted by Gasteiger charge is -2.27. The molecule has 33 heavy (non-hydrogen) atoms. The van der Waals surface area contributed by atoms with Crippen molar-refractivity contribution >= 4 is 51.0 Å². The fourth-order valence-corrected chi connectivity index (χ4v) is 6.61. The van der Waals surface area contributed by atoms with Gasteiger partial charge in [-0.2, -0.15) is 4.57 Å². The molecular formula is C28H25N2O2S+. The minimum Gasteiger partial charge on any atom is -0.477 e.